The zero-order chi connectivity index (χ0) is 14.3. The zero-order valence-electron chi connectivity index (χ0n) is 11.3. The molecule has 1 aromatic rings. The molecule has 104 valence electrons. The van der Waals surface area contributed by atoms with E-state index in [2.05, 4.69) is 25.9 Å². The van der Waals surface area contributed by atoms with E-state index in [1.54, 1.807) is 19.2 Å². The zero-order valence-corrected chi connectivity index (χ0v) is 12.9. The van der Waals surface area contributed by atoms with Gasteiger partial charge in [0.25, 0.3) is 5.92 Å². The number of halogens is 3. The van der Waals surface area contributed by atoms with Crippen LogP contribution < -0.4 is 0 Å². The number of rotatable bonds is 3. The average molecular weight is 331 g/mol. The van der Waals surface area contributed by atoms with Gasteiger partial charge in [-0.2, -0.15) is 0 Å². The molecule has 0 aromatic carbocycles. The quantitative estimate of drug-likeness (QED) is 0.797. The maximum absolute atomic E-state index is 13.9. The first-order valence-corrected chi connectivity index (χ1v) is 7.11. The second-order valence-electron chi connectivity index (χ2n) is 5.31. The van der Waals surface area contributed by atoms with Crippen molar-refractivity contribution in [1.82, 2.24) is 9.97 Å². The van der Waals surface area contributed by atoms with E-state index in [0.717, 1.165) is 19.0 Å². The van der Waals surface area contributed by atoms with Crippen molar-refractivity contribution < 1.29 is 8.78 Å². The Morgan fingerprint density at radius 1 is 1.47 bits per heavy atom. The van der Waals surface area contributed by atoms with Crippen LogP contribution in [-0.2, 0) is 0 Å². The number of aromatic nitrogens is 2. The molecule has 1 aliphatic rings. The lowest BCUT2D eigenvalue weighted by Gasteiger charge is -2.47. The Morgan fingerprint density at radius 3 is 2.53 bits per heavy atom. The van der Waals surface area contributed by atoms with E-state index in [9.17, 15) is 8.78 Å². The van der Waals surface area contributed by atoms with Crippen molar-refractivity contribution in [2.75, 3.05) is 0 Å². The molecule has 0 saturated heterocycles. The van der Waals surface area contributed by atoms with Gasteiger partial charge >= 0.3 is 0 Å². The Kier molecular flexibility index (Phi) is 3.78. The molecule has 1 heterocycles. The van der Waals surface area contributed by atoms with Gasteiger partial charge in [0.05, 0.1) is 23.0 Å². The van der Waals surface area contributed by atoms with Crippen molar-refractivity contribution in [3.63, 3.8) is 0 Å². The molecular formula is C14H17BrF2N2. The summed E-state index contributed by atoms with van der Waals surface area (Å²) in [7, 11) is 0. The molecular weight excluding hydrogens is 314 g/mol. The average Bonchev–Trinajstić information content (AvgIpc) is 2.18. The van der Waals surface area contributed by atoms with Crippen LogP contribution in [0.2, 0.25) is 0 Å². The summed E-state index contributed by atoms with van der Waals surface area (Å²) in [5.74, 6) is -2.69. The highest BCUT2D eigenvalue weighted by molar-refractivity contribution is 9.10. The topological polar surface area (TPSA) is 25.8 Å². The molecule has 1 aliphatic carbocycles. The summed E-state index contributed by atoms with van der Waals surface area (Å²) in [5, 5.41) is 0. The third-order valence-electron chi connectivity index (χ3n) is 4.11. The fourth-order valence-electron chi connectivity index (χ4n) is 2.66. The van der Waals surface area contributed by atoms with Crippen molar-refractivity contribution >= 4 is 22.0 Å². The van der Waals surface area contributed by atoms with Gasteiger partial charge in [-0.25, -0.2) is 13.8 Å². The van der Waals surface area contributed by atoms with Gasteiger partial charge in [0.2, 0.25) is 0 Å². The van der Waals surface area contributed by atoms with E-state index in [1.807, 2.05) is 6.92 Å². The maximum atomic E-state index is 13.9. The van der Waals surface area contributed by atoms with Gasteiger partial charge in [-0.15, -0.1) is 0 Å². The molecule has 0 spiro atoms. The lowest BCUT2D eigenvalue weighted by atomic mass is 9.60. The van der Waals surface area contributed by atoms with Gasteiger partial charge < -0.3 is 0 Å². The predicted octanol–water partition coefficient (Wildman–Crippen LogP) is 4.78. The van der Waals surface area contributed by atoms with Crippen LogP contribution in [-0.4, -0.2) is 15.9 Å². The molecule has 1 fully saturated rings. The molecule has 0 radical (unpaired) electrons. The van der Waals surface area contributed by atoms with Gasteiger partial charge in [-0.3, -0.25) is 4.98 Å². The molecule has 5 heteroatoms. The highest BCUT2D eigenvalue weighted by Crippen LogP contribution is 2.56. The number of hydrogen-bond acceptors (Lipinski definition) is 2. The summed E-state index contributed by atoms with van der Waals surface area (Å²) < 4.78 is 28.4. The predicted molar refractivity (Wildman–Crippen MR) is 75.0 cm³/mol. The first-order chi connectivity index (χ1) is 8.76. The molecule has 0 amide bonds. The molecule has 2 nitrogen and oxygen atoms in total. The van der Waals surface area contributed by atoms with E-state index in [0.29, 0.717) is 28.7 Å². The normalized spacial score (nSPS) is 19.2. The Morgan fingerprint density at radius 2 is 2.11 bits per heavy atom. The van der Waals surface area contributed by atoms with Gasteiger partial charge in [0.1, 0.15) is 4.60 Å². The molecule has 2 rings (SSSR count). The molecule has 0 aliphatic heterocycles. The van der Waals surface area contributed by atoms with Crippen LogP contribution in [0.4, 0.5) is 8.78 Å². The lowest BCUT2D eigenvalue weighted by Crippen LogP contribution is -2.45. The number of allylic oxidation sites excluding steroid dienone is 1. The van der Waals surface area contributed by atoms with Gasteiger partial charge in [-0.1, -0.05) is 12.0 Å². The maximum Gasteiger partial charge on any atom is 0.254 e. The number of aryl methyl sites for hydroxylation is 1. The minimum Gasteiger partial charge on any atom is -0.252 e. The van der Waals surface area contributed by atoms with Crippen molar-refractivity contribution in [2.45, 2.75) is 46.0 Å². The van der Waals surface area contributed by atoms with E-state index < -0.39 is 11.3 Å². The van der Waals surface area contributed by atoms with E-state index in [4.69, 9.17) is 0 Å². The van der Waals surface area contributed by atoms with Crippen molar-refractivity contribution in [3.8, 4) is 0 Å². The molecule has 1 saturated carbocycles. The Bertz CT molecular complexity index is 517. The number of hydrogen-bond donors (Lipinski definition) is 0. The number of nitrogens with zero attached hydrogens (tertiary/aromatic N) is 2. The molecule has 0 bridgehead atoms. The first-order valence-electron chi connectivity index (χ1n) is 6.32. The van der Waals surface area contributed by atoms with Gasteiger partial charge in [0.15, 0.2) is 0 Å². The van der Waals surface area contributed by atoms with Crippen LogP contribution in [0.3, 0.4) is 0 Å². The molecule has 0 atom stereocenters. The highest BCUT2D eigenvalue weighted by atomic mass is 79.9. The largest absolute Gasteiger partial charge is 0.254 e. The Balaban J connectivity index is 2.37. The summed E-state index contributed by atoms with van der Waals surface area (Å²) >= 11 is 3.24. The van der Waals surface area contributed by atoms with Crippen molar-refractivity contribution in [3.05, 3.63) is 27.8 Å². The SMILES string of the molecule is C/C(=C\c1ncc(Br)nc1C)C1(C(C)(F)F)CCC1. The van der Waals surface area contributed by atoms with Gasteiger partial charge in [0, 0.05) is 6.92 Å². The van der Waals surface area contributed by atoms with Crippen LogP contribution in [0.5, 0.6) is 0 Å². The summed E-state index contributed by atoms with van der Waals surface area (Å²) in [6, 6.07) is 0. The standard InChI is InChI=1S/C14H17BrF2N2/c1-9(14(5-4-6-14)13(3,16)17)7-11-10(2)19-12(15)8-18-11/h7-8H,4-6H2,1-3H3/b9-7+. The molecule has 19 heavy (non-hydrogen) atoms. The smallest absolute Gasteiger partial charge is 0.252 e. The summed E-state index contributed by atoms with van der Waals surface area (Å²) in [6.45, 7) is 4.62. The lowest BCUT2D eigenvalue weighted by molar-refractivity contribution is -0.124. The molecule has 0 N–H and O–H groups in total. The van der Waals surface area contributed by atoms with E-state index >= 15 is 0 Å². The monoisotopic (exact) mass is 330 g/mol. The van der Waals surface area contributed by atoms with Crippen molar-refractivity contribution in [2.24, 2.45) is 5.41 Å². The second-order valence-corrected chi connectivity index (χ2v) is 6.13. The Labute approximate surface area is 120 Å². The molecule has 0 unspecified atom stereocenters. The highest BCUT2D eigenvalue weighted by Gasteiger charge is 2.54. The van der Waals surface area contributed by atoms with Crippen molar-refractivity contribution in [1.29, 1.82) is 0 Å². The molecule has 1 aromatic heterocycles. The second kappa shape index (κ2) is 4.93. The van der Waals surface area contributed by atoms with Crippen LogP contribution in [0.15, 0.2) is 16.4 Å². The first kappa shape index (κ1) is 14.6. The van der Waals surface area contributed by atoms with Crippen LogP contribution in [0.1, 0.15) is 44.5 Å². The van der Waals surface area contributed by atoms with E-state index in [-0.39, 0.29) is 0 Å². The Hall–Kier alpha value is -0.840. The summed E-state index contributed by atoms with van der Waals surface area (Å²) in [4.78, 5) is 8.48. The third-order valence-corrected chi connectivity index (χ3v) is 4.49. The number of alkyl halides is 2. The van der Waals surface area contributed by atoms with Crippen LogP contribution in [0.25, 0.3) is 6.08 Å². The minimum absolute atomic E-state index is 0.543. The minimum atomic E-state index is -2.69. The summed E-state index contributed by atoms with van der Waals surface area (Å²) in [5.41, 5.74) is 1.11. The third kappa shape index (κ3) is 2.57. The van der Waals surface area contributed by atoms with Gasteiger partial charge in [-0.05, 0) is 48.7 Å². The summed E-state index contributed by atoms with van der Waals surface area (Å²) in [6.07, 6.45) is 5.29. The van der Waals surface area contributed by atoms with E-state index in [1.165, 1.54) is 0 Å². The van der Waals surface area contributed by atoms with Crippen LogP contribution in [0, 0.1) is 12.3 Å². The fourth-order valence-corrected chi connectivity index (χ4v) is 3.03. The fraction of sp³-hybridized carbons (Fsp3) is 0.571. The van der Waals surface area contributed by atoms with Crippen LogP contribution >= 0.6 is 15.9 Å².